The van der Waals surface area contributed by atoms with E-state index in [0.717, 1.165) is 0 Å². The van der Waals surface area contributed by atoms with Gasteiger partial charge in [0.1, 0.15) is 10.9 Å². The number of aromatic nitrogens is 2. The lowest BCUT2D eigenvalue weighted by atomic mass is 10.0. The Morgan fingerprint density at radius 3 is 2.83 bits per heavy atom. The Hall–Kier alpha value is -2.22. The number of nitrogens with one attached hydrogen (secondary N) is 1. The number of carbonyl (C=O) groups is 2. The molecule has 23 heavy (non-hydrogen) atoms. The van der Waals surface area contributed by atoms with Crippen molar-refractivity contribution in [1.29, 1.82) is 0 Å². The van der Waals surface area contributed by atoms with E-state index in [1.807, 2.05) is 13.8 Å². The fourth-order valence-electron chi connectivity index (χ4n) is 2.23. The monoisotopic (exact) mass is 337 g/mol. The normalized spacial score (nSPS) is 12.5. The SMILES string of the molecule is CC(C)C[C@H](NC(=O)CCn1cnc2sccc2c1=O)C(=O)O. The molecule has 2 heterocycles. The summed E-state index contributed by atoms with van der Waals surface area (Å²) in [4.78, 5) is 40.1. The van der Waals surface area contributed by atoms with Gasteiger partial charge in [-0.15, -0.1) is 11.3 Å². The Balaban J connectivity index is 1.98. The van der Waals surface area contributed by atoms with E-state index in [0.29, 0.717) is 16.6 Å². The molecule has 1 amide bonds. The Morgan fingerprint density at radius 1 is 1.43 bits per heavy atom. The molecule has 0 aliphatic rings. The van der Waals surface area contributed by atoms with Crippen molar-refractivity contribution in [2.24, 2.45) is 5.92 Å². The smallest absolute Gasteiger partial charge is 0.326 e. The Morgan fingerprint density at radius 2 is 2.17 bits per heavy atom. The summed E-state index contributed by atoms with van der Waals surface area (Å²) in [5, 5.41) is 13.9. The average Bonchev–Trinajstić information content (AvgIpc) is 2.94. The van der Waals surface area contributed by atoms with E-state index in [2.05, 4.69) is 10.3 Å². The van der Waals surface area contributed by atoms with Crippen molar-refractivity contribution < 1.29 is 14.7 Å². The van der Waals surface area contributed by atoms with E-state index in [4.69, 9.17) is 5.11 Å². The topological polar surface area (TPSA) is 101 Å². The second-order valence-corrected chi connectivity index (χ2v) is 6.61. The summed E-state index contributed by atoms with van der Waals surface area (Å²) < 4.78 is 1.37. The molecule has 0 saturated carbocycles. The first-order valence-corrected chi connectivity index (χ1v) is 8.21. The lowest BCUT2D eigenvalue weighted by molar-refractivity contribution is -0.142. The van der Waals surface area contributed by atoms with Crippen molar-refractivity contribution in [3.05, 3.63) is 28.1 Å². The van der Waals surface area contributed by atoms with Gasteiger partial charge in [-0.2, -0.15) is 0 Å². The predicted octanol–water partition coefficient (Wildman–Crippen LogP) is 1.46. The van der Waals surface area contributed by atoms with Crippen molar-refractivity contribution in [2.45, 2.75) is 39.3 Å². The summed E-state index contributed by atoms with van der Waals surface area (Å²) in [7, 11) is 0. The molecule has 2 aromatic heterocycles. The van der Waals surface area contributed by atoms with Crippen molar-refractivity contribution in [1.82, 2.24) is 14.9 Å². The van der Waals surface area contributed by atoms with E-state index in [9.17, 15) is 14.4 Å². The van der Waals surface area contributed by atoms with Gasteiger partial charge in [0.2, 0.25) is 5.91 Å². The summed E-state index contributed by atoms with van der Waals surface area (Å²) in [6.07, 6.45) is 1.81. The molecule has 8 heteroatoms. The molecule has 0 bridgehead atoms. The second kappa shape index (κ2) is 7.36. The predicted molar refractivity (Wildman–Crippen MR) is 87.5 cm³/mol. The van der Waals surface area contributed by atoms with E-state index in [1.165, 1.54) is 22.2 Å². The van der Waals surface area contributed by atoms with Gasteiger partial charge in [-0.1, -0.05) is 13.8 Å². The largest absolute Gasteiger partial charge is 0.480 e. The third kappa shape index (κ3) is 4.38. The van der Waals surface area contributed by atoms with Crippen LogP contribution in [0.4, 0.5) is 0 Å². The van der Waals surface area contributed by atoms with Gasteiger partial charge in [-0.3, -0.25) is 14.2 Å². The number of carboxylic acid groups (broad SMARTS) is 1. The van der Waals surface area contributed by atoms with Crippen LogP contribution in [0.3, 0.4) is 0 Å². The molecule has 0 aliphatic heterocycles. The number of carbonyl (C=O) groups excluding carboxylic acids is 1. The number of nitrogens with zero attached hydrogens (tertiary/aromatic N) is 2. The molecular formula is C15H19N3O4S. The Bertz CT molecular complexity index is 765. The summed E-state index contributed by atoms with van der Waals surface area (Å²) in [6, 6.07) is 0.798. The standard InChI is InChI=1S/C15H19N3O4S/c1-9(2)7-11(15(21)22)17-12(19)3-5-18-8-16-13-10(14(18)20)4-6-23-13/h4,6,8-9,11H,3,5,7H2,1-2H3,(H,17,19)(H,21,22)/t11-/m0/s1. The number of hydrogen-bond acceptors (Lipinski definition) is 5. The van der Waals surface area contributed by atoms with Crippen molar-refractivity contribution in [2.75, 3.05) is 0 Å². The van der Waals surface area contributed by atoms with Crippen LogP contribution in [0.25, 0.3) is 10.2 Å². The highest BCUT2D eigenvalue weighted by molar-refractivity contribution is 7.16. The van der Waals surface area contributed by atoms with Gasteiger partial charge >= 0.3 is 5.97 Å². The van der Waals surface area contributed by atoms with Gasteiger partial charge in [0.25, 0.3) is 5.56 Å². The molecule has 124 valence electrons. The van der Waals surface area contributed by atoms with Crippen molar-refractivity contribution in [3.8, 4) is 0 Å². The number of aryl methyl sites for hydroxylation is 1. The molecule has 0 aromatic carbocycles. The highest BCUT2D eigenvalue weighted by Gasteiger charge is 2.20. The maximum Gasteiger partial charge on any atom is 0.326 e. The van der Waals surface area contributed by atoms with Crippen molar-refractivity contribution in [3.63, 3.8) is 0 Å². The van der Waals surface area contributed by atoms with Crippen LogP contribution >= 0.6 is 11.3 Å². The van der Waals surface area contributed by atoms with Crippen LogP contribution in [0, 0.1) is 5.92 Å². The van der Waals surface area contributed by atoms with Gasteiger partial charge in [0.15, 0.2) is 0 Å². The molecule has 0 aliphatic carbocycles. The van der Waals surface area contributed by atoms with Crippen LogP contribution < -0.4 is 10.9 Å². The highest BCUT2D eigenvalue weighted by atomic mass is 32.1. The maximum absolute atomic E-state index is 12.2. The molecule has 0 radical (unpaired) electrons. The molecule has 0 fully saturated rings. The van der Waals surface area contributed by atoms with E-state index in [1.54, 1.807) is 11.4 Å². The third-order valence-corrected chi connectivity index (χ3v) is 4.19. The molecule has 0 saturated heterocycles. The first-order chi connectivity index (χ1) is 10.9. The zero-order valence-electron chi connectivity index (χ0n) is 13.0. The van der Waals surface area contributed by atoms with Gasteiger partial charge in [-0.25, -0.2) is 9.78 Å². The molecule has 2 rings (SSSR count). The summed E-state index contributed by atoms with van der Waals surface area (Å²) in [6.45, 7) is 3.95. The minimum atomic E-state index is -1.05. The fourth-order valence-corrected chi connectivity index (χ4v) is 2.96. The van der Waals surface area contributed by atoms with E-state index >= 15 is 0 Å². The summed E-state index contributed by atoms with van der Waals surface area (Å²) in [5.74, 6) is -1.29. The van der Waals surface area contributed by atoms with Crippen LogP contribution in [-0.4, -0.2) is 32.6 Å². The zero-order valence-corrected chi connectivity index (χ0v) is 13.8. The maximum atomic E-state index is 12.2. The first-order valence-electron chi connectivity index (χ1n) is 7.33. The van der Waals surface area contributed by atoms with Gasteiger partial charge in [0.05, 0.1) is 11.7 Å². The summed E-state index contributed by atoms with van der Waals surface area (Å²) in [5.41, 5.74) is -0.194. The number of fused-ring (bicyclic) bond motifs is 1. The van der Waals surface area contributed by atoms with E-state index < -0.39 is 17.9 Å². The van der Waals surface area contributed by atoms with Crippen molar-refractivity contribution >= 4 is 33.4 Å². The van der Waals surface area contributed by atoms with Gasteiger partial charge in [-0.05, 0) is 23.8 Å². The molecule has 2 N–H and O–H groups in total. The Kier molecular flexibility index (Phi) is 5.49. The van der Waals surface area contributed by atoms with Crippen LogP contribution in [0.2, 0.25) is 0 Å². The molecule has 1 atom stereocenters. The van der Waals surface area contributed by atoms with Crippen LogP contribution in [-0.2, 0) is 16.1 Å². The number of rotatable bonds is 7. The third-order valence-electron chi connectivity index (χ3n) is 3.37. The average molecular weight is 337 g/mol. The molecule has 0 unspecified atom stereocenters. The number of carboxylic acids is 1. The number of amides is 1. The number of hydrogen-bond donors (Lipinski definition) is 2. The molecule has 2 aromatic rings. The lowest BCUT2D eigenvalue weighted by Gasteiger charge is -2.16. The van der Waals surface area contributed by atoms with Crippen LogP contribution in [0.1, 0.15) is 26.7 Å². The minimum absolute atomic E-state index is 0.0269. The van der Waals surface area contributed by atoms with E-state index in [-0.39, 0.29) is 24.4 Å². The number of aliphatic carboxylic acids is 1. The second-order valence-electron chi connectivity index (χ2n) is 5.72. The zero-order chi connectivity index (χ0) is 17.0. The molecular weight excluding hydrogens is 318 g/mol. The molecule has 0 spiro atoms. The quantitative estimate of drug-likeness (QED) is 0.796. The molecule has 7 nitrogen and oxygen atoms in total. The van der Waals surface area contributed by atoms with Crippen LogP contribution in [0.5, 0.6) is 0 Å². The lowest BCUT2D eigenvalue weighted by Crippen LogP contribution is -2.42. The highest BCUT2D eigenvalue weighted by Crippen LogP contribution is 2.13. The first kappa shape index (κ1) is 17.1. The number of thiophene rings is 1. The van der Waals surface area contributed by atoms with Gasteiger partial charge < -0.3 is 10.4 Å². The minimum Gasteiger partial charge on any atom is -0.480 e. The van der Waals surface area contributed by atoms with Crippen LogP contribution in [0.15, 0.2) is 22.6 Å². The Labute approximate surface area is 137 Å². The summed E-state index contributed by atoms with van der Waals surface area (Å²) >= 11 is 1.38. The van der Waals surface area contributed by atoms with Gasteiger partial charge in [0, 0.05) is 13.0 Å². The fraction of sp³-hybridized carbons (Fsp3) is 0.467.